The molecular weight excluding hydrogens is 683 g/mol. The lowest BCUT2D eigenvalue weighted by Crippen LogP contribution is -2.02. The van der Waals surface area contributed by atoms with E-state index < -0.39 is 0 Å². The zero-order valence-corrected chi connectivity index (χ0v) is 30.3. The Balaban J connectivity index is 1.20. The van der Waals surface area contributed by atoms with Crippen LogP contribution in [0.5, 0.6) is 0 Å². The predicted molar refractivity (Wildman–Crippen MR) is 230 cm³/mol. The minimum Gasteiger partial charge on any atom is -0.317 e. The van der Waals surface area contributed by atoms with Gasteiger partial charge in [-0.25, -0.2) is 15.0 Å². The molecule has 0 amide bonds. The molecule has 5 nitrogen and oxygen atoms in total. The molecule has 0 atom stereocenters. The summed E-state index contributed by atoms with van der Waals surface area (Å²) < 4.78 is 4.70. The SMILES string of the molecule is c1ccc(-c2cc(-c3nc(-c4ccccc4)nc(-c4ccccc4)n3)cc(-n3c4ccccc4c4ccc5c6ccn(-c7ccccc7)c6ccc5c43)c2)cc1. The number of rotatable bonds is 6. The zero-order chi connectivity index (χ0) is 37.0. The maximum Gasteiger partial charge on any atom is 0.164 e. The number of aromatic nitrogens is 5. The average Bonchev–Trinajstić information content (AvgIpc) is 3.87. The molecule has 8 aromatic carbocycles. The Bertz CT molecular complexity index is 3160. The molecular formula is C51H33N5. The van der Waals surface area contributed by atoms with Gasteiger partial charge >= 0.3 is 0 Å². The van der Waals surface area contributed by atoms with Gasteiger partial charge in [-0.3, -0.25) is 0 Å². The molecule has 0 aliphatic carbocycles. The van der Waals surface area contributed by atoms with E-state index in [4.69, 9.17) is 15.0 Å². The molecule has 0 N–H and O–H groups in total. The van der Waals surface area contributed by atoms with Crippen molar-refractivity contribution >= 4 is 43.5 Å². The summed E-state index contributed by atoms with van der Waals surface area (Å²) in [7, 11) is 0. The maximum absolute atomic E-state index is 5.16. The molecule has 0 radical (unpaired) electrons. The van der Waals surface area contributed by atoms with E-state index in [0.717, 1.165) is 44.7 Å². The minimum absolute atomic E-state index is 0.617. The number of hydrogen-bond acceptors (Lipinski definition) is 3. The smallest absolute Gasteiger partial charge is 0.164 e. The molecule has 0 fully saturated rings. The second-order valence-electron chi connectivity index (χ2n) is 14.1. The van der Waals surface area contributed by atoms with E-state index in [2.05, 4.69) is 149 Å². The van der Waals surface area contributed by atoms with Crippen LogP contribution in [0.4, 0.5) is 0 Å². The topological polar surface area (TPSA) is 48.5 Å². The van der Waals surface area contributed by atoms with Gasteiger partial charge in [-0.05, 0) is 65.0 Å². The molecule has 11 rings (SSSR count). The van der Waals surface area contributed by atoms with Gasteiger partial charge in [-0.15, -0.1) is 0 Å². The Kier molecular flexibility index (Phi) is 7.42. The van der Waals surface area contributed by atoms with Crippen LogP contribution in [-0.2, 0) is 0 Å². The van der Waals surface area contributed by atoms with Crippen LogP contribution in [0.2, 0.25) is 0 Å². The van der Waals surface area contributed by atoms with E-state index in [1.807, 2.05) is 60.7 Å². The second-order valence-corrected chi connectivity index (χ2v) is 14.1. The van der Waals surface area contributed by atoms with E-state index in [1.165, 1.54) is 38.0 Å². The highest BCUT2D eigenvalue weighted by molar-refractivity contribution is 6.23. The van der Waals surface area contributed by atoms with Crippen molar-refractivity contribution in [2.24, 2.45) is 0 Å². The molecule has 3 heterocycles. The number of fused-ring (bicyclic) bond motifs is 7. The highest BCUT2D eigenvalue weighted by Gasteiger charge is 2.20. The minimum atomic E-state index is 0.617. The molecule has 262 valence electrons. The van der Waals surface area contributed by atoms with E-state index in [-0.39, 0.29) is 0 Å². The van der Waals surface area contributed by atoms with E-state index >= 15 is 0 Å². The van der Waals surface area contributed by atoms with Gasteiger partial charge in [0.2, 0.25) is 0 Å². The monoisotopic (exact) mass is 715 g/mol. The third-order valence-corrected chi connectivity index (χ3v) is 10.8. The predicted octanol–water partition coefficient (Wildman–Crippen LogP) is 12.7. The summed E-state index contributed by atoms with van der Waals surface area (Å²) in [6, 6.07) is 68.3. The number of para-hydroxylation sites is 2. The van der Waals surface area contributed by atoms with E-state index in [1.54, 1.807) is 0 Å². The molecule has 11 aromatic rings. The highest BCUT2D eigenvalue weighted by Crippen LogP contribution is 2.41. The molecule has 0 saturated carbocycles. The van der Waals surface area contributed by atoms with Crippen LogP contribution in [0.3, 0.4) is 0 Å². The van der Waals surface area contributed by atoms with Crippen LogP contribution < -0.4 is 0 Å². The van der Waals surface area contributed by atoms with Crippen molar-refractivity contribution in [2.75, 3.05) is 0 Å². The van der Waals surface area contributed by atoms with Gasteiger partial charge in [0.1, 0.15) is 0 Å². The van der Waals surface area contributed by atoms with Crippen molar-refractivity contribution in [3.05, 3.63) is 200 Å². The van der Waals surface area contributed by atoms with Gasteiger partial charge in [-0.1, -0.05) is 146 Å². The van der Waals surface area contributed by atoms with Crippen molar-refractivity contribution in [3.8, 4) is 56.7 Å². The fourth-order valence-corrected chi connectivity index (χ4v) is 8.18. The Labute approximate surface area is 323 Å². The standard InChI is InChI=1S/C51H33N5/c1-5-15-34(16-6-1)37-31-38(51-53-49(35-17-7-2-8-18-35)52-50(54-51)36-19-9-3-10-20-36)33-40(32-37)56-47-24-14-13-23-42(47)45-26-25-41-43-29-30-55(39-21-11-4-12-22-39)46(43)28-27-44(41)48(45)56/h1-33H. The lowest BCUT2D eigenvalue weighted by Gasteiger charge is -2.15. The van der Waals surface area contributed by atoms with Gasteiger partial charge in [-0.2, -0.15) is 0 Å². The van der Waals surface area contributed by atoms with Gasteiger partial charge in [0.15, 0.2) is 17.5 Å². The summed E-state index contributed by atoms with van der Waals surface area (Å²) in [5.41, 5.74) is 10.6. The first-order valence-corrected chi connectivity index (χ1v) is 18.9. The summed E-state index contributed by atoms with van der Waals surface area (Å²) in [4.78, 5) is 15.3. The molecule has 0 unspecified atom stereocenters. The lowest BCUT2D eigenvalue weighted by molar-refractivity contribution is 1.07. The Morgan fingerprint density at radius 2 is 0.804 bits per heavy atom. The summed E-state index contributed by atoms with van der Waals surface area (Å²) >= 11 is 0. The quantitative estimate of drug-likeness (QED) is 0.172. The number of benzene rings is 8. The summed E-state index contributed by atoms with van der Waals surface area (Å²) in [6.07, 6.45) is 2.18. The van der Waals surface area contributed by atoms with Gasteiger partial charge in [0, 0.05) is 55.8 Å². The van der Waals surface area contributed by atoms with Crippen molar-refractivity contribution in [1.82, 2.24) is 24.1 Å². The highest BCUT2D eigenvalue weighted by atomic mass is 15.0. The molecule has 5 heteroatoms. The molecule has 0 aliphatic rings. The van der Waals surface area contributed by atoms with E-state index in [9.17, 15) is 0 Å². The third kappa shape index (κ3) is 5.29. The van der Waals surface area contributed by atoms with Crippen LogP contribution >= 0.6 is 0 Å². The van der Waals surface area contributed by atoms with Crippen LogP contribution in [-0.4, -0.2) is 24.1 Å². The molecule has 3 aromatic heterocycles. The zero-order valence-electron chi connectivity index (χ0n) is 30.3. The van der Waals surface area contributed by atoms with Crippen molar-refractivity contribution in [2.45, 2.75) is 0 Å². The number of nitrogens with zero attached hydrogens (tertiary/aromatic N) is 5. The lowest BCUT2D eigenvalue weighted by atomic mass is 10.0. The molecule has 0 bridgehead atoms. The second kappa shape index (κ2) is 13.0. The first kappa shape index (κ1) is 31.9. The largest absolute Gasteiger partial charge is 0.317 e. The van der Waals surface area contributed by atoms with Gasteiger partial charge < -0.3 is 9.13 Å². The van der Waals surface area contributed by atoms with Gasteiger partial charge in [0.25, 0.3) is 0 Å². The maximum atomic E-state index is 5.16. The average molecular weight is 716 g/mol. The normalized spacial score (nSPS) is 11.6. The fraction of sp³-hybridized carbons (Fsp3) is 0. The first-order chi connectivity index (χ1) is 27.8. The Morgan fingerprint density at radius 3 is 1.48 bits per heavy atom. The molecule has 0 spiro atoms. The van der Waals surface area contributed by atoms with Gasteiger partial charge in [0.05, 0.1) is 16.6 Å². The molecule has 56 heavy (non-hydrogen) atoms. The van der Waals surface area contributed by atoms with Crippen LogP contribution in [0, 0.1) is 0 Å². The van der Waals surface area contributed by atoms with Crippen LogP contribution in [0.1, 0.15) is 0 Å². The van der Waals surface area contributed by atoms with E-state index in [0.29, 0.717) is 17.5 Å². The summed E-state index contributed by atoms with van der Waals surface area (Å²) in [5.74, 6) is 1.89. The van der Waals surface area contributed by atoms with Crippen LogP contribution in [0.25, 0.3) is 100 Å². The summed E-state index contributed by atoms with van der Waals surface area (Å²) in [6.45, 7) is 0. The first-order valence-electron chi connectivity index (χ1n) is 18.9. The van der Waals surface area contributed by atoms with Crippen LogP contribution in [0.15, 0.2) is 200 Å². The number of hydrogen-bond donors (Lipinski definition) is 0. The Hall–Kier alpha value is -7.63. The Morgan fingerprint density at radius 1 is 0.304 bits per heavy atom. The summed E-state index contributed by atoms with van der Waals surface area (Å²) in [5, 5.41) is 6.04. The fourth-order valence-electron chi connectivity index (χ4n) is 8.18. The van der Waals surface area contributed by atoms with Crippen molar-refractivity contribution < 1.29 is 0 Å². The van der Waals surface area contributed by atoms with Crippen molar-refractivity contribution in [1.29, 1.82) is 0 Å². The molecule has 0 saturated heterocycles. The third-order valence-electron chi connectivity index (χ3n) is 10.8. The van der Waals surface area contributed by atoms with Crippen molar-refractivity contribution in [3.63, 3.8) is 0 Å². The molecule has 0 aliphatic heterocycles.